The van der Waals surface area contributed by atoms with Crippen molar-refractivity contribution < 1.29 is 18.7 Å². The summed E-state index contributed by atoms with van der Waals surface area (Å²) in [4.78, 5) is 16.3. The van der Waals surface area contributed by atoms with Crippen LogP contribution in [0.3, 0.4) is 0 Å². The topological polar surface area (TPSA) is 75.4 Å². The number of carbonyl (C=O) groups excluding carboxylic acids is 1. The van der Waals surface area contributed by atoms with Gasteiger partial charge in [-0.05, 0) is 49.9 Å². The summed E-state index contributed by atoms with van der Waals surface area (Å²) in [5.74, 6) is -0.203. The minimum atomic E-state index is -1.21. The van der Waals surface area contributed by atoms with Gasteiger partial charge in [0.2, 0.25) is 5.89 Å². The zero-order valence-corrected chi connectivity index (χ0v) is 12.7. The van der Waals surface area contributed by atoms with Crippen molar-refractivity contribution in [1.82, 2.24) is 10.3 Å². The zero-order valence-electron chi connectivity index (χ0n) is 12.7. The van der Waals surface area contributed by atoms with E-state index >= 15 is 0 Å². The van der Waals surface area contributed by atoms with Crippen LogP contribution in [0.15, 0.2) is 34.9 Å². The summed E-state index contributed by atoms with van der Waals surface area (Å²) in [6, 6.07) is 5.90. The van der Waals surface area contributed by atoms with Gasteiger partial charge in [0, 0.05) is 18.5 Å². The molecular formula is C17H19FN2O3. The van der Waals surface area contributed by atoms with Crippen LogP contribution >= 0.6 is 0 Å². The van der Waals surface area contributed by atoms with Crippen molar-refractivity contribution in [2.24, 2.45) is 0 Å². The van der Waals surface area contributed by atoms with E-state index in [0.29, 0.717) is 43.0 Å². The minimum Gasteiger partial charge on any atom is -0.444 e. The Bertz CT molecular complexity index is 675. The maximum Gasteiger partial charge on any atom is 0.251 e. The molecule has 2 aromatic rings. The number of hydrogen-bond acceptors (Lipinski definition) is 4. The molecule has 0 atom stereocenters. The van der Waals surface area contributed by atoms with Crippen LogP contribution in [0.4, 0.5) is 4.39 Å². The fraction of sp³-hybridized carbons (Fsp3) is 0.412. The molecule has 1 saturated carbocycles. The van der Waals surface area contributed by atoms with Gasteiger partial charge in [0.25, 0.3) is 5.91 Å². The van der Waals surface area contributed by atoms with Crippen molar-refractivity contribution in [2.75, 3.05) is 6.54 Å². The summed E-state index contributed by atoms with van der Waals surface area (Å²) in [5, 5.41) is 12.9. The molecule has 1 fully saturated rings. The fourth-order valence-corrected chi connectivity index (χ4v) is 2.80. The highest BCUT2D eigenvalue weighted by atomic mass is 19.1. The molecule has 0 spiro atoms. The highest BCUT2D eigenvalue weighted by molar-refractivity contribution is 5.85. The molecule has 3 rings (SSSR count). The summed E-state index contributed by atoms with van der Waals surface area (Å²) in [6.45, 7) is 0.385. The monoisotopic (exact) mass is 318 g/mol. The third kappa shape index (κ3) is 3.59. The second-order valence-corrected chi connectivity index (χ2v) is 5.90. The lowest BCUT2D eigenvalue weighted by molar-refractivity contribution is -0.139. The fourth-order valence-electron chi connectivity index (χ4n) is 2.80. The van der Waals surface area contributed by atoms with Crippen molar-refractivity contribution in [3.8, 4) is 11.5 Å². The predicted octanol–water partition coefficient (Wildman–Crippen LogP) is 2.44. The minimum absolute atomic E-state index is 0.308. The number of aliphatic hydroxyl groups is 1. The van der Waals surface area contributed by atoms with E-state index in [2.05, 4.69) is 10.3 Å². The molecule has 0 unspecified atom stereocenters. The average Bonchev–Trinajstić information content (AvgIpc) is 3.18. The van der Waals surface area contributed by atoms with Gasteiger partial charge < -0.3 is 14.8 Å². The molecule has 1 aliphatic carbocycles. The smallest absolute Gasteiger partial charge is 0.251 e. The van der Waals surface area contributed by atoms with Crippen molar-refractivity contribution >= 4 is 5.91 Å². The van der Waals surface area contributed by atoms with E-state index in [-0.39, 0.29) is 11.7 Å². The first kappa shape index (κ1) is 15.7. The molecule has 0 radical (unpaired) electrons. The van der Waals surface area contributed by atoms with E-state index in [9.17, 15) is 14.3 Å². The Morgan fingerprint density at radius 3 is 2.70 bits per heavy atom. The molecule has 0 bridgehead atoms. The summed E-state index contributed by atoms with van der Waals surface area (Å²) in [5.41, 5.74) is 0.188. The second-order valence-electron chi connectivity index (χ2n) is 5.90. The number of hydrogen-bond donors (Lipinski definition) is 2. The largest absolute Gasteiger partial charge is 0.444 e. The number of benzene rings is 1. The van der Waals surface area contributed by atoms with E-state index < -0.39 is 5.60 Å². The lowest BCUT2D eigenvalue weighted by atomic mass is 10.0. The number of amides is 1. The van der Waals surface area contributed by atoms with Crippen LogP contribution in [-0.2, 0) is 11.2 Å². The van der Waals surface area contributed by atoms with Crippen LogP contribution in [0, 0.1) is 5.82 Å². The molecule has 1 heterocycles. The molecule has 0 aliphatic heterocycles. The third-order valence-corrected chi connectivity index (χ3v) is 4.16. The molecule has 23 heavy (non-hydrogen) atoms. The number of nitrogens with zero attached hydrogens (tertiary/aromatic N) is 1. The van der Waals surface area contributed by atoms with Gasteiger partial charge in [-0.15, -0.1) is 0 Å². The van der Waals surface area contributed by atoms with Crippen LogP contribution in [0.25, 0.3) is 11.5 Å². The summed E-state index contributed by atoms with van der Waals surface area (Å²) in [6.07, 6.45) is 4.85. The van der Waals surface area contributed by atoms with E-state index in [1.165, 1.54) is 18.4 Å². The number of halogens is 1. The van der Waals surface area contributed by atoms with E-state index in [0.717, 1.165) is 12.8 Å². The molecule has 6 heteroatoms. The standard InChI is InChI=1S/C17H19FN2O3/c18-13-5-3-12(4-6-13)15-20-14(11-23-15)7-10-19-16(21)17(22)8-1-2-9-17/h3-6,11,22H,1-2,7-10H2,(H,19,21). The number of carbonyl (C=O) groups is 1. The lowest BCUT2D eigenvalue weighted by Gasteiger charge is -2.20. The first-order valence-electron chi connectivity index (χ1n) is 7.78. The predicted molar refractivity (Wildman–Crippen MR) is 82.0 cm³/mol. The molecule has 1 aromatic heterocycles. The van der Waals surface area contributed by atoms with E-state index in [1.807, 2.05) is 0 Å². The van der Waals surface area contributed by atoms with Crippen LogP contribution in [-0.4, -0.2) is 28.1 Å². The Balaban J connectivity index is 1.53. The molecule has 0 saturated heterocycles. The Morgan fingerprint density at radius 2 is 2.00 bits per heavy atom. The second kappa shape index (κ2) is 6.50. The first-order chi connectivity index (χ1) is 11.1. The maximum atomic E-state index is 12.9. The summed E-state index contributed by atoms with van der Waals surface area (Å²) >= 11 is 0. The highest BCUT2D eigenvalue weighted by Gasteiger charge is 2.38. The number of nitrogens with one attached hydrogen (secondary N) is 1. The Labute approximate surface area is 133 Å². The van der Waals surface area contributed by atoms with Crippen molar-refractivity contribution in [3.05, 3.63) is 42.0 Å². The molecule has 5 nitrogen and oxygen atoms in total. The van der Waals surface area contributed by atoms with Gasteiger partial charge in [0.05, 0.1) is 5.69 Å². The quantitative estimate of drug-likeness (QED) is 0.888. The van der Waals surface area contributed by atoms with Gasteiger partial charge in [0.15, 0.2) is 0 Å². The van der Waals surface area contributed by atoms with Crippen LogP contribution in [0.2, 0.25) is 0 Å². The van der Waals surface area contributed by atoms with E-state index in [1.54, 1.807) is 12.1 Å². The number of aromatic nitrogens is 1. The van der Waals surface area contributed by atoms with Gasteiger partial charge in [-0.3, -0.25) is 4.79 Å². The zero-order chi connectivity index (χ0) is 16.3. The van der Waals surface area contributed by atoms with Gasteiger partial charge in [-0.2, -0.15) is 0 Å². The van der Waals surface area contributed by atoms with Gasteiger partial charge in [-0.1, -0.05) is 0 Å². The van der Waals surface area contributed by atoms with Gasteiger partial charge in [0.1, 0.15) is 17.7 Å². The molecule has 1 aromatic carbocycles. The molecule has 2 N–H and O–H groups in total. The van der Waals surface area contributed by atoms with Crippen molar-refractivity contribution in [3.63, 3.8) is 0 Å². The summed E-state index contributed by atoms with van der Waals surface area (Å²) in [7, 11) is 0. The van der Waals surface area contributed by atoms with Gasteiger partial charge >= 0.3 is 0 Å². The number of rotatable bonds is 5. The Kier molecular flexibility index (Phi) is 4.43. The molecule has 122 valence electrons. The van der Waals surface area contributed by atoms with Crippen LogP contribution < -0.4 is 5.32 Å². The van der Waals surface area contributed by atoms with Crippen LogP contribution in [0.5, 0.6) is 0 Å². The number of oxazole rings is 1. The summed E-state index contributed by atoms with van der Waals surface area (Å²) < 4.78 is 18.3. The van der Waals surface area contributed by atoms with Crippen molar-refractivity contribution in [1.29, 1.82) is 0 Å². The molecule has 1 aliphatic rings. The molecular weight excluding hydrogens is 299 g/mol. The van der Waals surface area contributed by atoms with Crippen LogP contribution in [0.1, 0.15) is 31.4 Å². The van der Waals surface area contributed by atoms with Gasteiger partial charge in [-0.25, -0.2) is 9.37 Å². The third-order valence-electron chi connectivity index (χ3n) is 4.16. The molecule has 1 amide bonds. The Morgan fingerprint density at radius 1 is 1.30 bits per heavy atom. The SMILES string of the molecule is O=C(NCCc1coc(-c2ccc(F)cc2)n1)C1(O)CCCC1. The maximum absolute atomic E-state index is 12.9. The first-order valence-corrected chi connectivity index (χ1v) is 7.78. The Hall–Kier alpha value is -2.21. The lowest BCUT2D eigenvalue weighted by Crippen LogP contribution is -2.45. The normalized spacial score (nSPS) is 16.4. The highest BCUT2D eigenvalue weighted by Crippen LogP contribution is 2.29. The average molecular weight is 318 g/mol. The van der Waals surface area contributed by atoms with E-state index in [4.69, 9.17) is 4.42 Å². The van der Waals surface area contributed by atoms with Crippen molar-refractivity contribution in [2.45, 2.75) is 37.7 Å².